The highest BCUT2D eigenvalue weighted by molar-refractivity contribution is 6.29. The number of methoxy groups -OCH3 is 1. The number of rotatable bonds is 13. The molecule has 3 rings (SSSR count). The zero-order valence-corrected chi connectivity index (χ0v) is 20.0. The van der Waals surface area contributed by atoms with Crippen molar-refractivity contribution < 1.29 is 28.7 Å². The van der Waals surface area contributed by atoms with E-state index in [1.54, 1.807) is 7.11 Å². The van der Waals surface area contributed by atoms with Crippen molar-refractivity contribution in [3.05, 3.63) is 41.1 Å². The number of carbonyl (C=O) groups excluding carboxylic acids is 1. The summed E-state index contributed by atoms with van der Waals surface area (Å²) in [4.78, 5) is 20.6. The molecule has 0 fully saturated rings. The van der Waals surface area contributed by atoms with Crippen LogP contribution >= 0.6 is 11.6 Å². The quantitative estimate of drug-likeness (QED) is 0.236. The van der Waals surface area contributed by atoms with Crippen LogP contribution in [-0.4, -0.2) is 65.7 Å². The number of hydrogen-bond donors (Lipinski definition) is 3. The third kappa shape index (κ3) is 6.11. The molecule has 0 saturated carbocycles. The lowest BCUT2D eigenvalue weighted by atomic mass is 10.3. The SMILES string of the molecule is CCn1c(CNC(=O)c2nc(Cl)cnc2N)[n+](CCOCCOCCO)c2ccc(OC)cc21. The minimum Gasteiger partial charge on any atom is -0.497 e. The van der Waals surface area contributed by atoms with E-state index < -0.39 is 5.91 Å². The lowest BCUT2D eigenvalue weighted by Gasteiger charge is -2.08. The molecule has 12 heteroatoms. The van der Waals surface area contributed by atoms with Crippen molar-refractivity contribution in [2.75, 3.05) is 45.9 Å². The van der Waals surface area contributed by atoms with Crippen molar-refractivity contribution in [1.29, 1.82) is 0 Å². The van der Waals surface area contributed by atoms with Crippen LogP contribution in [0.1, 0.15) is 23.2 Å². The second-order valence-corrected chi connectivity index (χ2v) is 7.61. The Labute approximate surface area is 202 Å². The fourth-order valence-corrected chi connectivity index (χ4v) is 3.75. The standard InChI is InChI=1S/C22H29ClN6O5/c1-3-28-17-12-15(32-2)4-5-16(17)29(6-8-33-10-11-34-9-7-30)19(28)14-26-22(31)20-21(24)25-13-18(23)27-20/h4-5,12-13,30H,3,6-11,14H2,1-2H3,(H2-,24,25,26,31)/p+1. The van der Waals surface area contributed by atoms with Gasteiger partial charge in [-0.3, -0.25) is 4.79 Å². The molecular formula is C22H30ClN6O5+. The van der Waals surface area contributed by atoms with Gasteiger partial charge in [0.1, 0.15) is 24.0 Å². The van der Waals surface area contributed by atoms with E-state index in [4.69, 9.17) is 36.7 Å². The highest BCUT2D eigenvalue weighted by Gasteiger charge is 2.26. The number of benzene rings is 1. The van der Waals surface area contributed by atoms with Crippen LogP contribution < -0.4 is 20.4 Å². The van der Waals surface area contributed by atoms with Gasteiger partial charge in [-0.05, 0) is 19.1 Å². The molecule has 1 aromatic carbocycles. The summed E-state index contributed by atoms with van der Waals surface area (Å²) in [5.74, 6) is 1.14. The monoisotopic (exact) mass is 493 g/mol. The number of aryl methyl sites for hydroxylation is 1. The first-order chi connectivity index (χ1) is 16.5. The van der Waals surface area contributed by atoms with Crippen LogP contribution in [0.15, 0.2) is 24.4 Å². The van der Waals surface area contributed by atoms with E-state index in [1.165, 1.54) is 6.20 Å². The summed E-state index contributed by atoms with van der Waals surface area (Å²) in [5.41, 5.74) is 7.74. The number of imidazole rings is 1. The van der Waals surface area contributed by atoms with Crippen LogP contribution in [0.4, 0.5) is 5.82 Å². The fraction of sp³-hybridized carbons (Fsp3) is 0.455. The second kappa shape index (κ2) is 12.5. The molecule has 0 atom stereocenters. The van der Waals surface area contributed by atoms with Gasteiger partial charge in [0.25, 0.3) is 11.7 Å². The molecule has 0 spiro atoms. The summed E-state index contributed by atoms with van der Waals surface area (Å²) in [6.07, 6.45) is 1.29. The number of halogens is 1. The molecule has 2 heterocycles. The number of nitrogens with one attached hydrogen (secondary N) is 1. The Balaban J connectivity index is 1.83. The van der Waals surface area contributed by atoms with Crippen LogP contribution in [0.2, 0.25) is 5.15 Å². The molecule has 1 amide bonds. The van der Waals surface area contributed by atoms with Crippen molar-refractivity contribution in [1.82, 2.24) is 19.9 Å². The molecule has 0 aliphatic rings. The molecule has 0 saturated heterocycles. The summed E-state index contributed by atoms with van der Waals surface area (Å²) >= 11 is 5.88. The molecule has 0 unspecified atom stereocenters. The van der Waals surface area contributed by atoms with E-state index in [2.05, 4.69) is 24.4 Å². The number of nitrogens with zero attached hydrogens (tertiary/aromatic N) is 4. The topological polar surface area (TPSA) is 138 Å². The van der Waals surface area contributed by atoms with Crippen LogP contribution in [0.3, 0.4) is 0 Å². The molecule has 0 aliphatic carbocycles. The van der Waals surface area contributed by atoms with Crippen LogP contribution in [0.25, 0.3) is 11.0 Å². The average molecular weight is 494 g/mol. The van der Waals surface area contributed by atoms with E-state index in [-0.39, 0.29) is 36.4 Å². The Hall–Kier alpha value is -2.99. The predicted octanol–water partition coefficient (Wildman–Crippen LogP) is 0.938. The summed E-state index contributed by atoms with van der Waals surface area (Å²) in [5, 5.41) is 11.7. The molecule has 11 nitrogen and oxygen atoms in total. The Bertz CT molecular complexity index is 1120. The summed E-state index contributed by atoms with van der Waals surface area (Å²) in [7, 11) is 1.62. The van der Waals surface area contributed by atoms with Crippen molar-refractivity contribution in [3.8, 4) is 5.75 Å². The predicted molar refractivity (Wildman–Crippen MR) is 126 cm³/mol. The van der Waals surface area contributed by atoms with E-state index in [9.17, 15) is 4.79 Å². The number of nitrogens with two attached hydrogens (primary N) is 1. The van der Waals surface area contributed by atoms with E-state index in [0.717, 1.165) is 22.6 Å². The Morgan fingerprint density at radius 1 is 1.26 bits per heavy atom. The zero-order valence-electron chi connectivity index (χ0n) is 19.3. The Morgan fingerprint density at radius 2 is 2.03 bits per heavy atom. The maximum absolute atomic E-state index is 12.8. The fourth-order valence-electron chi connectivity index (χ4n) is 3.62. The smallest absolute Gasteiger partial charge is 0.277 e. The van der Waals surface area contributed by atoms with Gasteiger partial charge in [-0.2, -0.15) is 0 Å². The minimum absolute atomic E-state index is 0.00682. The van der Waals surface area contributed by atoms with Gasteiger partial charge in [0.05, 0.1) is 52.9 Å². The number of hydrogen-bond acceptors (Lipinski definition) is 8. The number of anilines is 1. The number of aliphatic hydroxyl groups excluding tert-OH is 1. The number of aliphatic hydroxyl groups is 1. The molecule has 0 bridgehead atoms. The lowest BCUT2D eigenvalue weighted by molar-refractivity contribution is -0.681. The summed E-state index contributed by atoms with van der Waals surface area (Å²) in [6, 6.07) is 5.84. The van der Waals surface area contributed by atoms with Crippen molar-refractivity contribution in [2.45, 2.75) is 26.6 Å². The Morgan fingerprint density at radius 3 is 2.74 bits per heavy atom. The van der Waals surface area contributed by atoms with Crippen molar-refractivity contribution in [3.63, 3.8) is 0 Å². The first kappa shape index (κ1) is 25.6. The number of carbonyl (C=O) groups is 1. The highest BCUT2D eigenvalue weighted by atomic mass is 35.5. The first-order valence-corrected chi connectivity index (χ1v) is 11.3. The molecule has 0 aliphatic heterocycles. The minimum atomic E-state index is -0.471. The Kier molecular flexibility index (Phi) is 9.40. The number of ether oxygens (including phenoxy) is 3. The highest BCUT2D eigenvalue weighted by Crippen LogP contribution is 2.21. The van der Waals surface area contributed by atoms with Crippen LogP contribution in [0, 0.1) is 0 Å². The van der Waals surface area contributed by atoms with E-state index in [0.29, 0.717) is 32.9 Å². The van der Waals surface area contributed by atoms with Crippen molar-refractivity contribution >= 4 is 34.4 Å². The molecule has 0 radical (unpaired) electrons. The number of nitrogen functional groups attached to an aromatic ring is 1. The van der Waals surface area contributed by atoms with Crippen LogP contribution in [-0.2, 0) is 29.1 Å². The number of amides is 1. The maximum atomic E-state index is 12.8. The van der Waals surface area contributed by atoms with Gasteiger partial charge in [-0.1, -0.05) is 11.6 Å². The van der Waals surface area contributed by atoms with Gasteiger partial charge < -0.3 is 30.4 Å². The van der Waals surface area contributed by atoms with E-state index in [1.807, 2.05) is 25.1 Å². The molecule has 3 aromatic rings. The lowest BCUT2D eigenvalue weighted by Crippen LogP contribution is -2.43. The van der Waals surface area contributed by atoms with E-state index >= 15 is 0 Å². The van der Waals surface area contributed by atoms with Crippen molar-refractivity contribution in [2.24, 2.45) is 0 Å². The average Bonchev–Trinajstić information content (AvgIpc) is 3.14. The first-order valence-electron chi connectivity index (χ1n) is 10.9. The molecule has 34 heavy (non-hydrogen) atoms. The van der Waals surface area contributed by atoms with Gasteiger partial charge in [0, 0.05) is 6.07 Å². The van der Waals surface area contributed by atoms with Gasteiger partial charge in [0.15, 0.2) is 22.5 Å². The van der Waals surface area contributed by atoms with Crippen LogP contribution in [0.5, 0.6) is 5.75 Å². The summed E-state index contributed by atoms with van der Waals surface area (Å²) in [6.45, 7) is 5.02. The maximum Gasteiger partial charge on any atom is 0.277 e. The zero-order chi connectivity index (χ0) is 24.5. The third-order valence-corrected chi connectivity index (χ3v) is 5.35. The largest absolute Gasteiger partial charge is 0.497 e. The van der Waals surface area contributed by atoms with Gasteiger partial charge in [0.2, 0.25) is 0 Å². The third-order valence-electron chi connectivity index (χ3n) is 5.16. The molecule has 184 valence electrons. The number of fused-ring (bicyclic) bond motifs is 1. The molecule has 2 aromatic heterocycles. The molecular weight excluding hydrogens is 464 g/mol. The number of aromatic nitrogens is 4. The normalized spacial score (nSPS) is 11.2. The molecule has 4 N–H and O–H groups in total. The summed E-state index contributed by atoms with van der Waals surface area (Å²) < 4.78 is 20.5. The van der Waals surface area contributed by atoms with Gasteiger partial charge in [-0.25, -0.2) is 19.1 Å². The van der Waals surface area contributed by atoms with Gasteiger partial charge >= 0.3 is 0 Å². The van der Waals surface area contributed by atoms with Gasteiger partial charge in [-0.15, -0.1) is 0 Å². The second-order valence-electron chi connectivity index (χ2n) is 7.22.